The van der Waals surface area contributed by atoms with Crippen molar-refractivity contribution in [3.8, 4) is 0 Å². The molecule has 0 aliphatic rings. The Morgan fingerprint density at radius 1 is 0.955 bits per heavy atom. The van der Waals surface area contributed by atoms with Crippen LogP contribution < -0.4 is 0 Å². The number of carbonyl (C=O) groups excluding carboxylic acids is 1. The first-order valence-electron chi connectivity index (χ1n) is 8.57. The minimum Gasteiger partial charge on any atom is -0.459 e. The van der Waals surface area contributed by atoms with E-state index >= 15 is 0 Å². The molecule has 0 bridgehead atoms. The second kappa shape index (κ2) is 7.81. The van der Waals surface area contributed by atoms with E-state index in [1.165, 1.54) is 0 Å². The van der Waals surface area contributed by atoms with Crippen LogP contribution in [0.5, 0.6) is 0 Å². The molecule has 0 aromatic rings. The summed E-state index contributed by atoms with van der Waals surface area (Å²) in [4.78, 5) is 12.8. The van der Waals surface area contributed by atoms with Gasteiger partial charge in [0.05, 0.1) is 17.6 Å². The zero-order valence-corrected chi connectivity index (χ0v) is 16.5. The molecule has 0 fully saturated rings. The molecular formula is C19H38O3. The van der Waals surface area contributed by atoms with Gasteiger partial charge in [-0.25, -0.2) is 0 Å². The molecular weight excluding hydrogens is 276 g/mol. The van der Waals surface area contributed by atoms with Crippen molar-refractivity contribution in [2.45, 2.75) is 93.3 Å². The number of hydrogen-bond acceptors (Lipinski definition) is 3. The molecule has 0 aliphatic carbocycles. The van der Waals surface area contributed by atoms with Crippen LogP contribution in [0, 0.1) is 17.3 Å². The van der Waals surface area contributed by atoms with Crippen molar-refractivity contribution in [2.24, 2.45) is 17.3 Å². The van der Waals surface area contributed by atoms with E-state index in [0.29, 0.717) is 18.9 Å². The Labute approximate surface area is 138 Å². The summed E-state index contributed by atoms with van der Waals surface area (Å²) in [7, 11) is 0. The molecule has 22 heavy (non-hydrogen) atoms. The van der Waals surface area contributed by atoms with E-state index in [2.05, 4.69) is 27.7 Å². The molecule has 0 aromatic heterocycles. The van der Waals surface area contributed by atoms with E-state index in [4.69, 9.17) is 9.47 Å². The summed E-state index contributed by atoms with van der Waals surface area (Å²) in [6.45, 7) is 21.1. The maximum absolute atomic E-state index is 12.8. The topological polar surface area (TPSA) is 35.5 Å². The quantitative estimate of drug-likeness (QED) is 0.576. The molecule has 0 amide bonds. The van der Waals surface area contributed by atoms with Crippen LogP contribution >= 0.6 is 0 Å². The third-order valence-corrected chi connectivity index (χ3v) is 4.18. The van der Waals surface area contributed by atoms with Gasteiger partial charge in [-0.05, 0) is 59.8 Å². The fourth-order valence-electron chi connectivity index (χ4n) is 2.42. The van der Waals surface area contributed by atoms with Crippen molar-refractivity contribution in [3.05, 3.63) is 0 Å². The van der Waals surface area contributed by atoms with Gasteiger partial charge in [0.15, 0.2) is 0 Å². The SMILES string of the molecule is CC(C)CC(C)(C(=O)OC(C)(C)CCOC(C)(C)C)C(C)C. The van der Waals surface area contributed by atoms with Gasteiger partial charge in [0, 0.05) is 6.42 Å². The minimum absolute atomic E-state index is 0.0861. The number of ether oxygens (including phenoxy) is 2. The molecule has 1 atom stereocenters. The highest BCUT2D eigenvalue weighted by Gasteiger charge is 2.41. The lowest BCUT2D eigenvalue weighted by Crippen LogP contribution is -2.41. The highest BCUT2D eigenvalue weighted by molar-refractivity contribution is 5.77. The number of esters is 1. The first-order chi connectivity index (χ1) is 9.69. The van der Waals surface area contributed by atoms with Gasteiger partial charge in [0.25, 0.3) is 0 Å². The summed E-state index contributed by atoms with van der Waals surface area (Å²) in [6.07, 6.45) is 1.55. The van der Waals surface area contributed by atoms with Gasteiger partial charge in [-0.3, -0.25) is 4.79 Å². The van der Waals surface area contributed by atoms with Crippen molar-refractivity contribution in [1.82, 2.24) is 0 Å². The summed E-state index contributed by atoms with van der Waals surface area (Å²) < 4.78 is 11.6. The summed E-state index contributed by atoms with van der Waals surface area (Å²) in [6, 6.07) is 0. The average Bonchev–Trinajstić information content (AvgIpc) is 2.24. The molecule has 0 saturated carbocycles. The summed E-state index contributed by atoms with van der Waals surface area (Å²) in [5, 5.41) is 0. The van der Waals surface area contributed by atoms with E-state index in [0.717, 1.165) is 6.42 Å². The molecule has 1 unspecified atom stereocenters. The molecule has 0 rings (SSSR count). The lowest BCUT2D eigenvalue weighted by Gasteiger charge is -2.37. The van der Waals surface area contributed by atoms with E-state index < -0.39 is 11.0 Å². The van der Waals surface area contributed by atoms with Gasteiger partial charge in [-0.15, -0.1) is 0 Å². The van der Waals surface area contributed by atoms with Gasteiger partial charge in [0.2, 0.25) is 0 Å². The maximum atomic E-state index is 12.8. The zero-order chi connectivity index (χ0) is 17.8. The van der Waals surface area contributed by atoms with Gasteiger partial charge in [-0.1, -0.05) is 27.7 Å². The van der Waals surface area contributed by atoms with Crippen LogP contribution in [0.2, 0.25) is 0 Å². The Kier molecular flexibility index (Phi) is 7.61. The van der Waals surface area contributed by atoms with Crippen LogP contribution in [0.25, 0.3) is 0 Å². The van der Waals surface area contributed by atoms with E-state index in [9.17, 15) is 4.79 Å². The fourth-order valence-corrected chi connectivity index (χ4v) is 2.42. The van der Waals surface area contributed by atoms with Crippen LogP contribution in [0.1, 0.15) is 82.1 Å². The fraction of sp³-hybridized carbons (Fsp3) is 0.947. The smallest absolute Gasteiger partial charge is 0.312 e. The Balaban J connectivity index is 4.77. The Morgan fingerprint density at radius 2 is 1.45 bits per heavy atom. The molecule has 3 nitrogen and oxygen atoms in total. The van der Waals surface area contributed by atoms with E-state index in [-0.39, 0.29) is 17.5 Å². The van der Waals surface area contributed by atoms with Crippen molar-refractivity contribution in [3.63, 3.8) is 0 Å². The minimum atomic E-state index is -0.505. The number of carbonyl (C=O) groups is 1. The zero-order valence-electron chi connectivity index (χ0n) is 16.5. The van der Waals surface area contributed by atoms with Gasteiger partial charge < -0.3 is 9.47 Å². The molecule has 0 radical (unpaired) electrons. The molecule has 0 N–H and O–H groups in total. The van der Waals surface area contributed by atoms with Crippen molar-refractivity contribution >= 4 is 5.97 Å². The first kappa shape index (κ1) is 21.4. The normalized spacial score (nSPS) is 16.0. The van der Waals surface area contributed by atoms with Crippen molar-refractivity contribution in [1.29, 1.82) is 0 Å². The summed E-state index contributed by atoms with van der Waals surface area (Å²) in [5.41, 5.74) is -1.10. The standard InChI is InChI=1S/C19H38O3/c1-14(2)13-19(10,15(3)4)16(20)22-18(8,9)11-12-21-17(5,6)7/h14-15H,11-13H2,1-10H3. The molecule has 3 heteroatoms. The van der Waals surface area contributed by atoms with Crippen LogP contribution in [0.15, 0.2) is 0 Å². The Morgan fingerprint density at radius 3 is 1.82 bits per heavy atom. The largest absolute Gasteiger partial charge is 0.459 e. The maximum Gasteiger partial charge on any atom is 0.312 e. The third-order valence-electron chi connectivity index (χ3n) is 4.18. The predicted molar refractivity (Wildman–Crippen MR) is 92.9 cm³/mol. The van der Waals surface area contributed by atoms with E-state index in [1.54, 1.807) is 0 Å². The Bertz CT molecular complexity index is 350. The lowest BCUT2D eigenvalue weighted by molar-refractivity contribution is -0.174. The third kappa shape index (κ3) is 7.62. The van der Waals surface area contributed by atoms with Crippen molar-refractivity contribution < 1.29 is 14.3 Å². The second-order valence-corrected chi connectivity index (χ2v) is 9.03. The van der Waals surface area contributed by atoms with Crippen molar-refractivity contribution in [2.75, 3.05) is 6.61 Å². The van der Waals surface area contributed by atoms with Crippen LogP contribution in [0.4, 0.5) is 0 Å². The summed E-state index contributed by atoms with van der Waals surface area (Å²) in [5.74, 6) is 0.633. The summed E-state index contributed by atoms with van der Waals surface area (Å²) >= 11 is 0. The predicted octanol–water partition coefficient (Wildman–Crippen LogP) is 5.22. The number of hydrogen-bond donors (Lipinski definition) is 0. The van der Waals surface area contributed by atoms with Crippen LogP contribution in [-0.2, 0) is 14.3 Å². The highest BCUT2D eigenvalue weighted by Crippen LogP contribution is 2.37. The second-order valence-electron chi connectivity index (χ2n) is 9.03. The first-order valence-corrected chi connectivity index (χ1v) is 8.57. The molecule has 0 aromatic carbocycles. The molecule has 0 spiro atoms. The molecule has 0 saturated heterocycles. The molecule has 0 heterocycles. The molecule has 132 valence electrons. The molecule has 0 aliphatic heterocycles. The monoisotopic (exact) mass is 314 g/mol. The number of rotatable bonds is 8. The van der Waals surface area contributed by atoms with Gasteiger partial charge >= 0.3 is 5.97 Å². The van der Waals surface area contributed by atoms with Crippen LogP contribution in [0.3, 0.4) is 0 Å². The van der Waals surface area contributed by atoms with E-state index in [1.807, 2.05) is 41.5 Å². The van der Waals surface area contributed by atoms with Crippen LogP contribution in [-0.4, -0.2) is 23.8 Å². The average molecular weight is 315 g/mol. The van der Waals surface area contributed by atoms with Gasteiger partial charge in [-0.2, -0.15) is 0 Å². The highest BCUT2D eigenvalue weighted by atomic mass is 16.6. The lowest BCUT2D eigenvalue weighted by atomic mass is 9.73. The van der Waals surface area contributed by atoms with Gasteiger partial charge in [0.1, 0.15) is 5.60 Å². The Hall–Kier alpha value is -0.570.